The predicted molar refractivity (Wildman–Crippen MR) is 93.5 cm³/mol. The molecule has 0 aromatic carbocycles. The number of aliphatic hydroxyl groups is 2. The SMILES string of the molecule is Nc1ncnc2c1ncn2[C@@H]1O[C@H](COP(=O)(O)n2ccnc2N)[C@@H](O)[C@H]1O. The summed E-state index contributed by atoms with van der Waals surface area (Å²) in [6.07, 6.45) is 0.0250. The lowest BCUT2D eigenvalue weighted by molar-refractivity contribution is -0.0487. The summed E-state index contributed by atoms with van der Waals surface area (Å²) in [5, 5.41) is 20.6. The predicted octanol–water partition coefficient (Wildman–Crippen LogP) is -1.53. The van der Waals surface area contributed by atoms with Crippen molar-refractivity contribution in [2.45, 2.75) is 24.5 Å². The van der Waals surface area contributed by atoms with Crippen LogP contribution in [0.2, 0.25) is 0 Å². The first-order valence-corrected chi connectivity index (χ1v) is 9.54. The first-order valence-electron chi connectivity index (χ1n) is 8.01. The molecule has 7 N–H and O–H groups in total. The second-order valence-corrected chi connectivity index (χ2v) is 7.72. The molecule has 1 aliphatic rings. The van der Waals surface area contributed by atoms with Gasteiger partial charge in [-0.05, 0) is 0 Å². The summed E-state index contributed by atoms with van der Waals surface area (Å²) in [6.45, 7) is -0.496. The number of hydrogen-bond acceptors (Lipinski definition) is 11. The summed E-state index contributed by atoms with van der Waals surface area (Å²) in [4.78, 5) is 25.6. The van der Waals surface area contributed by atoms with Crippen molar-refractivity contribution < 1.29 is 28.9 Å². The maximum atomic E-state index is 12.3. The van der Waals surface area contributed by atoms with E-state index in [1.807, 2.05) is 0 Å². The Morgan fingerprint density at radius 1 is 1.21 bits per heavy atom. The Labute approximate surface area is 157 Å². The molecule has 1 unspecified atom stereocenters. The minimum absolute atomic E-state index is 0.149. The molecule has 3 aromatic rings. The van der Waals surface area contributed by atoms with Crippen molar-refractivity contribution in [3.63, 3.8) is 0 Å². The van der Waals surface area contributed by atoms with E-state index in [-0.39, 0.29) is 11.8 Å². The molecule has 15 heteroatoms. The van der Waals surface area contributed by atoms with Gasteiger partial charge in [0.05, 0.1) is 12.9 Å². The van der Waals surface area contributed by atoms with Crippen molar-refractivity contribution >= 4 is 30.7 Å². The maximum absolute atomic E-state index is 12.3. The number of aromatic nitrogens is 6. The van der Waals surface area contributed by atoms with Gasteiger partial charge in [-0.3, -0.25) is 9.09 Å². The fourth-order valence-corrected chi connectivity index (χ4v) is 3.91. The minimum Gasteiger partial charge on any atom is -0.387 e. The zero-order chi connectivity index (χ0) is 20.1. The molecule has 1 saturated heterocycles. The molecule has 0 spiro atoms. The van der Waals surface area contributed by atoms with Gasteiger partial charge in [-0.25, -0.2) is 28.8 Å². The van der Waals surface area contributed by atoms with E-state index in [9.17, 15) is 19.7 Å². The van der Waals surface area contributed by atoms with Crippen LogP contribution in [0.1, 0.15) is 6.23 Å². The average Bonchev–Trinajstić information content (AvgIpc) is 3.34. The number of anilines is 2. The summed E-state index contributed by atoms with van der Waals surface area (Å²) in [5.74, 6) is -0.0606. The second kappa shape index (κ2) is 6.77. The summed E-state index contributed by atoms with van der Waals surface area (Å²) in [5.41, 5.74) is 11.8. The molecule has 4 rings (SSSR count). The minimum atomic E-state index is -4.36. The van der Waals surface area contributed by atoms with Crippen molar-refractivity contribution in [1.82, 2.24) is 28.8 Å². The molecule has 5 atom stereocenters. The van der Waals surface area contributed by atoms with E-state index in [0.29, 0.717) is 11.2 Å². The highest BCUT2D eigenvalue weighted by Gasteiger charge is 2.45. The Hall–Kier alpha value is -2.61. The average molecular weight is 412 g/mol. The first-order chi connectivity index (χ1) is 13.3. The zero-order valence-corrected chi connectivity index (χ0v) is 15.1. The van der Waals surface area contributed by atoms with Crippen molar-refractivity contribution in [2.24, 2.45) is 0 Å². The van der Waals surface area contributed by atoms with E-state index < -0.39 is 38.9 Å². The molecule has 0 aliphatic carbocycles. The van der Waals surface area contributed by atoms with Gasteiger partial charge in [-0.15, -0.1) is 0 Å². The highest BCUT2D eigenvalue weighted by molar-refractivity contribution is 7.51. The van der Waals surface area contributed by atoms with Gasteiger partial charge < -0.3 is 31.3 Å². The largest absolute Gasteiger partial charge is 0.439 e. The topological polar surface area (TPSA) is 210 Å². The van der Waals surface area contributed by atoms with Gasteiger partial charge in [-0.2, -0.15) is 0 Å². The molecule has 0 amide bonds. The van der Waals surface area contributed by atoms with Crippen LogP contribution in [0.4, 0.5) is 11.8 Å². The number of nitrogens with zero attached hydrogens (tertiary/aromatic N) is 6. The summed E-state index contributed by atoms with van der Waals surface area (Å²) in [7, 11) is -4.36. The lowest BCUT2D eigenvalue weighted by Gasteiger charge is -2.18. The normalized spacial score (nSPS) is 27.2. The van der Waals surface area contributed by atoms with Crippen LogP contribution in [-0.4, -0.2) is 68.9 Å². The van der Waals surface area contributed by atoms with Crippen LogP contribution in [0.3, 0.4) is 0 Å². The molecule has 3 aromatic heterocycles. The Morgan fingerprint density at radius 3 is 2.71 bits per heavy atom. The molecule has 150 valence electrons. The van der Waals surface area contributed by atoms with Crippen LogP contribution < -0.4 is 11.5 Å². The number of nitrogens with two attached hydrogens (primary N) is 2. The lowest BCUT2D eigenvalue weighted by Crippen LogP contribution is -2.33. The molecule has 0 bridgehead atoms. The highest BCUT2D eigenvalue weighted by atomic mass is 31.2. The lowest BCUT2D eigenvalue weighted by atomic mass is 10.1. The van der Waals surface area contributed by atoms with Crippen molar-refractivity contribution in [2.75, 3.05) is 18.1 Å². The Morgan fingerprint density at radius 2 is 2.00 bits per heavy atom. The van der Waals surface area contributed by atoms with Gasteiger partial charge in [0.15, 0.2) is 17.7 Å². The van der Waals surface area contributed by atoms with Crippen LogP contribution in [-0.2, 0) is 13.8 Å². The quantitative estimate of drug-likeness (QED) is 0.302. The molecular formula is C13H17N8O6P. The van der Waals surface area contributed by atoms with Gasteiger partial charge in [0.2, 0.25) is 5.95 Å². The van der Waals surface area contributed by atoms with Crippen LogP contribution >= 0.6 is 7.75 Å². The number of aliphatic hydroxyl groups excluding tert-OH is 2. The second-order valence-electron chi connectivity index (χ2n) is 6.05. The third-order valence-corrected chi connectivity index (χ3v) is 5.70. The van der Waals surface area contributed by atoms with Crippen molar-refractivity contribution in [1.29, 1.82) is 0 Å². The first kappa shape index (κ1) is 18.7. The smallest absolute Gasteiger partial charge is 0.387 e. The molecule has 14 nitrogen and oxygen atoms in total. The number of imidazole rings is 2. The number of ether oxygens (including phenoxy) is 1. The van der Waals surface area contributed by atoms with Crippen LogP contribution in [0.5, 0.6) is 0 Å². The van der Waals surface area contributed by atoms with Crippen molar-refractivity contribution in [3.8, 4) is 0 Å². The monoisotopic (exact) mass is 412 g/mol. The molecule has 1 fully saturated rings. The van der Waals surface area contributed by atoms with E-state index >= 15 is 0 Å². The van der Waals surface area contributed by atoms with E-state index in [1.54, 1.807) is 0 Å². The van der Waals surface area contributed by atoms with Crippen molar-refractivity contribution in [3.05, 3.63) is 25.0 Å². The molecule has 1 aliphatic heterocycles. The number of nitrogen functional groups attached to an aromatic ring is 2. The van der Waals surface area contributed by atoms with Gasteiger partial charge >= 0.3 is 7.75 Å². The van der Waals surface area contributed by atoms with Gasteiger partial charge in [0, 0.05) is 12.4 Å². The highest BCUT2D eigenvalue weighted by Crippen LogP contribution is 2.46. The standard InChI is InChI=1S/C13H17N8O6P/c14-10-7-11(18-4-17-10)20(5-19-7)12-9(23)8(22)6(27-12)3-26-28(24,25)21-2-1-16-13(21)15/h1-2,4-6,8-9,12,22-23H,3H2,(H2,15,16)(H,24,25)(H2,14,17,18)/t6-,8-,9-,12-/m1/s1. The van der Waals surface area contributed by atoms with Gasteiger partial charge in [0.25, 0.3) is 0 Å². The number of rotatable bonds is 5. The Bertz CT molecular complexity index is 1050. The maximum Gasteiger partial charge on any atom is 0.439 e. The van der Waals surface area contributed by atoms with Crippen LogP contribution in [0.25, 0.3) is 11.2 Å². The Kier molecular flexibility index (Phi) is 4.53. The summed E-state index contributed by atoms with van der Waals surface area (Å²) in [6, 6.07) is 0. The van der Waals surface area contributed by atoms with Crippen LogP contribution in [0.15, 0.2) is 25.0 Å². The molecular weight excluding hydrogens is 395 g/mol. The fourth-order valence-electron chi connectivity index (χ4n) is 2.91. The Balaban J connectivity index is 1.52. The fraction of sp³-hybridized carbons (Fsp3) is 0.385. The summed E-state index contributed by atoms with van der Waals surface area (Å²) >= 11 is 0. The summed E-state index contributed by atoms with van der Waals surface area (Å²) < 4.78 is 25.1. The molecule has 4 heterocycles. The van der Waals surface area contributed by atoms with Gasteiger partial charge in [0.1, 0.15) is 30.2 Å². The molecule has 28 heavy (non-hydrogen) atoms. The van der Waals surface area contributed by atoms with E-state index in [1.165, 1.54) is 29.6 Å². The zero-order valence-electron chi connectivity index (χ0n) is 14.2. The van der Waals surface area contributed by atoms with E-state index in [0.717, 1.165) is 4.34 Å². The van der Waals surface area contributed by atoms with E-state index in [2.05, 4.69) is 19.9 Å². The third-order valence-electron chi connectivity index (χ3n) is 4.33. The number of fused-ring (bicyclic) bond motifs is 1. The van der Waals surface area contributed by atoms with Gasteiger partial charge in [-0.1, -0.05) is 0 Å². The van der Waals surface area contributed by atoms with Crippen LogP contribution in [0, 0.1) is 0 Å². The molecule has 0 radical (unpaired) electrons. The van der Waals surface area contributed by atoms with E-state index in [4.69, 9.17) is 20.7 Å². The third kappa shape index (κ3) is 3.01. The molecule has 0 saturated carbocycles. The number of hydrogen-bond donors (Lipinski definition) is 5.